The summed E-state index contributed by atoms with van der Waals surface area (Å²) < 4.78 is 28.6. The van der Waals surface area contributed by atoms with Crippen LogP contribution in [0.3, 0.4) is 0 Å². The number of amides is 1. The third kappa shape index (κ3) is 4.19. The van der Waals surface area contributed by atoms with Gasteiger partial charge in [-0.3, -0.25) is 4.79 Å². The molecule has 30 heavy (non-hydrogen) atoms. The standard InChI is InChI=1S/C23H21BrN2O3S/c1-16-13-19-8-7-17(15-25-30(28,29)21-11-9-20(24)10-12-21)14-22(19)26(16)23(27)18-5-3-2-4-6-18/h2-12,14,16,25H,13,15H2,1H3/t16-/m1/s1. The normalized spacial score (nSPS) is 15.8. The van der Waals surface area contributed by atoms with Gasteiger partial charge >= 0.3 is 0 Å². The first-order chi connectivity index (χ1) is 14.3. The molecule has 1 N–H and O–H groups in total. The van der Waals surface area contributed by atoms with Crippen molar-refractivity contribution in [3.63, 3.8) is 0 Å². The zero-order valence-corrected chi connectivity index (χ0v) is 18.8. The SMILES string of the molecule is C[C@@H]1Cc2ccc(CNS(=O)(=O)c3ccc(Br)cc3)cc2N1C(=O)c1ccccc1. The van der Waals surface area contributed by atoms with Gasteiger partial charge in [-0.05, 0) is 66.9 Å². The highest BCUT2D eigenvalue weighted by atomic mass is 79.9. The van der Waals surface area contributed by atoms with Crippen LogP contribution in [-0.2, 0) is 23.0 Å². The predicted octanol–water partition coefficient (Wildman–Crippen LogP) is 4.52. The summed E-state index contributed by atoms with van der Waals surface area (Å²) in [4.78, 5) is 15.1. The highest BCUT2D eigenvalue weighted by Crippen LogP contribution is 2.34. The van der Waals surface area contributed by atoms with Crippen molar-refractivity contribution in [1.82, 2.24) is 4.72 Å². The molecule has 1 aliphatic heterocycles. The van der Waals surface area contributed by atoms with Crippen LogP contribution in [0.25, 0.3) is 0 Å². The van der Waals surface area contributed by atoms with Crippen molar-refractivity contribution in [2.75, 3.05) is 4.90 Å². The van der Waals surface area contributed by atoms with E-state index >= 15 is 0 Å². The molecule has 1 aliphatic rings. The van der Waals surface area contributed by atoms with Crippen LogP contribution in [0.5, 0.6) is 0 Å². The van der Waals surface area contributed by atoms with Crippen LogP contribution >= 0.6 is 15.9 Å². The van der Waals surface area contributed by atoms with E-state index in [9.17, 15) is 13.2 Å². The number of nitrogens with one attached hydrogen (secondary N) is 1. The van der Waals surface area contributed by atoms with E-state index in [0.29, 0.717) is 5.56 Å². The summed E-state index contributed by atoms with van der Waals surface area (Å²) in [6.45, 7) is 2.17. The molecule has 0 aliphatic carbocycles. The van der Waals surface area contributed by atoms with Gasteiger partial charge in [0.2, 0.25) is 10.0 Å². The lowest BCUT2D eigenvalue weighted by Gasteiger charge is -2.23. The number of carbonyl (C=O) groups excluding carboxylic acids is 1. The van der Waals surface area contributed by atoms with Gasteiger partial charge in [-0.2, -0.15) is 0 Å². The average Bonchev–Trinajstić information content (AvgIpc) is 3.07. The Morgan fingerprint density at radius 3 is 2.47 bits per heavy atom. The Bertz CT molecular complexity index is 1180. The Morgan fingerprint density at radius 1 is 1.07 bits per heavy atom. The molecular weight excluding hydrogens is 464 g/mol. The van der Waals surface area contributed by atoms with E-state index in [-0.39, 0.29) is 23.4 Å². The number of sulfonamides is 1. The number of fused-ring (bicyclic) bond motifs is 1. The van der Waals surface area contributed by atoms with E-state index in [0.717, 1.165) is 27.7 Å². The van der Waals surface area contributed by atoms with Gasteiger partial charge in [-0.15, -0.1) is 0 Å². The van der Waals surface area contributed by atoms with Gasteiger partial charge in [-0.25, -0.2) is 13.1 Å². The molecule has 3 aromatic carbocycles. The molecule has 1 atom stereocenters. The minimum absolute atomic E-state index is 0.0439. The molecule has 0 aromatic heterocycles. The molecule has 0 unspecified atom stereocenters. The third-order valence-corrected chi connectivity index (χ3v) is 7.14. The first-order valence-electron chi connectivity index (χ1n) is 9.61. The highest BCUT2D eigenvalue weighted by Gasteiger charge is 2.31. The maximum absolute atomic E-state index is 13.1. The zero-order chi connectivity index (χ0) is 21.3. The van der Waals surface area contributed by atoms with Crippen molar-refractivity contribution in [2.24, 2.45) is 0 Å². The molecule has 0 spiro atoms. The minimum atomic E-state index is -3.62. The molecule has 1 amide bonds. The first kappa shape index (κ1) is 20.8. The number of anilines is 1. The van der Waals surface area contributed by atoms with E-state index in [1.807, 2.05) is 55.5 Å². The second kappa shape index (κ2) is 8.34. The second-order valence-electron chi connectivity index (χ2n) is 7.34. The zero-order valence-electron chi connectivity index (χ0n) is 16.4. The second-order valence-corrected chi connectivity index (χ2v) is 10.0. The van der Waals surface area contributed by atoms with E-state index in [1.54, 1.807) is 29.2 Å². The van der Waals surface area contributed by atoms with Crippen molar-refractivity contribution in [1.29, 1.82) is 0 Å². The fraction of sp³-hybridized carbons (Fsp3) is 0.174. The van der Waals surface area contributed by atoms with Gasteiger partial charge in [-0.1, -0.05) is 46.3 Å². The lowest BCUT2D eigenvalue weighted by molar-refractivity contribution is 0.0981. The van der Waals surface area contributed by atoms with E-state index in [4.69, 9.17) is 0 Å². The Labute approximate surface area is 184 Å². The Kier molecular flexibility index (Phi) is 5.77. The van der Waals surface area contributed by atoms with Crippen molar-refractivity contribution in [3.8, 4) is 0 Å². The summed E-state index contributed by atoms with van der Waals surface area (Å²) in [5, 5.41) is 0. The molecule has 1 heterocycles. The summed E-state index contributed by atoms with van der Waals surface area (Å²) in [6.07, 6.45) is 0.777. The largest absolute Gasteiger partial charge is 0.305 e. The van der Waals surface area contributed by atoms with Gasteiger partial charge in [0.15, 0.2) is 0 Å². The molecule has 5 nitrogen and oxygen atoms in total. The molecule has 7 heteroatoms. The fourth-order valence-electron chi connectivity index (χ4n) is 3.67. The number of hydrogen-bond acceptors (Lipinski definition) is 3. The van der Waals surface area contributed by atoms with Crippen LogP contribution in [0.4, 0.5) is 5.69 Å². The van der Waals surface area contributed by atoms with E-state index in [2.05, 4.69) is 20.7 Å². The van der Waals surface area contributed by atoms with Crippen molar-refractivity contribution >= 4 is 37.5 Å². The molecule has 0 fully saturated rings. The van der Waals surface area contributed by atoms with E-state index < -0.39 is 10.0 Å². The maximum atomic E-state index is 13.1. The number of carbonyl (C=O) groups is 1. The Hall–Kier alpha value is -2.48. The van der Waals surface area contributed by atoms with Crippen molar-refractivity contribution in [2.45, 2.75) is 30.8 Å². The number of hydrogen-bond donors (Lipinski definition) is 1. The predicted molar refractivity (Wildman–Crippen MR) is 121 cm³/mol. The van der Waals surface area contributed by atoms with Crippen LogP contribution < -0.4 is 9.62 Å². The molecule has 0 bridgehead atoms. The van der Waals surface area contributed by atoms with Gasteiger partial charge in [0.25, 0.3) is 5.91 Å². The number of rotatable bonds is 5. The summed E-state index contributed by atoms with van der Waals surface area (Å²) in [6, 6.07) is 21.5. The molecule has 4 rings (SSSR count). The Morgan fingerprint density at radius 2 is 1.77 bits per heavy atom. The summed E-state index contributed by atoms with van der Waals surface area (Å²) >= 11 is 3.31. The smallest absolute Gasteiger partial charge is 0.258 e. The quantitative estimate of drug-likeness (QED) is 0.578. The summed E-state index contributed by atoms with van der Waals surface area (Å²) in [5.41, 5.74) is 3.37. The topological polar surface area (TPSA) is 66.5 Å². The number of nitrogens with zero attached hydrogens (tertiary/aromatic N) is 1. The average molecular weight is 485 g/mol. The minimum Gasteiger partial charge on any atom is -0.305 e. The molecule has 0 saturated carbocycles. The van der Waals surface area contributed by atoms with Crippen LogP contribution in [-0.4, -0.2) is 20.4 Å². The number of halogens is 1. The lowest BCUT2D eigenvalue weighted by Crippen LogP contribution is -2.35. The molecule has 154 valence electrons. The summed E-state index contributed by atoms with van der Waals surface area (Å²) in [5.74, 6) is -0.0468. The van der Waals surface area contributed by atoms with Crippen LogP contribution in [0.15, 0.2) is 82.2 Å². The highest BCUT2D eigenvalue weighted by molar-refractivity contribution is 9.10. The van der Waals surface area contributed by atoms with Gasteiger partial charge in [0.05, 0.1) is 4.90 Å². The molecule has 3 aromatic rings. The number of benzene rings is 3. The van der Waals surface area contributed by atoms with Gasteiger partial charge in [0, 0.05) is 28.3 Å². The molecule has 0 radical (unpaired) electrons. The van der Waals surface area contributed by atoms with Crippen molar-refractivity contribution < 1.29 is 13.2 Å². The first-order valence-corrected chi connectivity index (χ1v) is 11.9. The lowest BCUT2D eigenvalue weighted by atomic mass is 10.1. The van der Waals surface area contributed by atoms with E-state index in [1.165, 1.54) is 0 Å². The monoisotopic (exact) mass is 484 g/mol. The van der Waals surface area contributed by atoms with Gasteiger partial charge in [0.1, 0.15) is 0 Å². The van der Waals surface area contributed by atoms with Crippen LogP contribution in [0.2, 0.25) is 0 Å². The fourth-order valence-corrected chi connectivity index (χ4v) is 4.95. The van der Waals surface area contributed by atoms with Crippen LogP contribution in [0.1, 0.15) is 28.4 Å². The van der Waals surface area contributed by atoms with Crippen LogP contribution in [0, 0.1) is 0 Å². The summed E-state index contributed by atoms with van der Waals surface area (Å²) in [7, 11) is -3.62. The van der Waals surface area contributed by atoms with Gasteiger partial charge < -0.3 is 4.90 Å². The molecule has 0 saturated heterocycles. The molecular formula is C23H21BrN2O3S. The Balaban J connectivity index is 1.56. The third-order valence-electron chi connectivity index (χ3n) is 5.20. The maximum Gasteiger partial charge on any atom is 0.258 e. The van der Waals surface area contributed by atoms with Crippen molar-refractivity contribution in [3.05, 3.63) is 94.0 Å².